The Kier molecular flexibility index (Phi) is 3.77. The summed E-state index contributed by atoms with van der Waals surface area (Å²) in [6.07, 6.45) is -2.02. The lowest BCUT2D eigenvalue weighted by Crippen LogP contribution is -2.10. The summed E-state index contributed by atoms with van der Waals surface area (Å²) in [5, 5.41) is 8.58. The minimum Gasteiger partial charge on any atom is -0.481 e. The third-order valence-corrected chi connectivity index (χ3v) is 2.68. The van der Waals surface area contributed by atoms with Gasteiger partial charge in [-0.15, -0.1) is 0 Å². The predicted molar refractivity (Wildman–Crippen MR) is 57.7 cm³/mol. The molecular formula is C8H7F2IN2O2. The van der Waals surface area contributed by atoms with E-state index in [1.807, 2.05) is 0 Å². The number of pyridine rings is 1. The van der Waals surface area contributed by atoms with E-state index in [9.17, 15) is 13.6 Å². The monoisotopic (exact) mass is 328 g/mol. The Morgan fingerprint density at radius 3 is 2.73 bits per heavy atom. The number of nitrogens with zero attached hydrogens (tertiary/aromatic N) is 1. The number of nitrogen functional groups attached to an aromatic ring is 1. The second kappa shape index (κ2) is 4.69. The molecule has 0 fully saturated rings. The number of anilines is 1. The molecule has 0 unspecified atom stereocenters. The smallest absolute Gasteiger partial charge is 0.307 e. The van der Waals surface area contributed by atoms with Crippen LogP contribution in [0.2, 0.25) is 0 Å². The van der Waals surface area contributed by atoms with Gasteiger partial charge in [-0.1, -0.05) is 0 Å². The van der Waals surface area contributed by atoms with E-state index in [2.05, 4.69) is 4.98 Å². The van der Waals surface area contributed by atoms with Crippen LogP contribution in [0, 0.1) is 3.57 Å². The molecule has 7 heteroatoms. The van der Waals surface area contributed by atoms with Crippen molar-refractivity contribution in [1.29, 1.82) is 0 Å². The van der Waals surface area contributed by atoms with Gasteiger partial charge >= 0.3 is 5.97 Å². The lowest BCUT2D eigenvalue weighted by atomic mass is 10.1. The second-order valence-corrected chi connectivity index (χ2v) is 3.92. The molecule has 0 saturated heterocycles. The highest BCUT2D eigenvalue weighted by atomic mass is 127. The van der Waals surface area contributed by atoms with Crippen LogP contribution >= 0.6 is 22.6 Å². The van der Waals surface area contributed by atoms with E-state index >= 15 is 0 Å². The van der Waals surface area contributed by atoms with Gasteiger partial charge in [-0.05, 0) is 28.2 Å². The van der Waals surface area contributed by atoms with Crippen molar-refractivity contribution in [3.63, 3.8) is 0 Å². The Morgan fingerprint density at radius 2 is 2.27 bits per heavy atom. The molecule has 0 spiro atoms. The number of rotatable bonds is 3. The number of hydrogen-bond donors (Lipinski definition) is 2. The van der Waals surface area contributed by atoms with Crippen LogP contribution in [0.5, 0.6) is 0 Å². The number of aliphatic carboxylic acids is 1. The predicted octanol–water partition coefficient (Wildman–Crippen LogP) is 1.83. The van der Waals surface area contributed by atoms with Crippen LogP contribution in [0.4, 0.5) is 14.6 Å². The van der Waals surface area contributed by atoms with E-state index in [1.54, 1.807) is 22.6 Å². The average Bonchev–Trinajstić information content (AvgIpc) is 2.10. The van der Waals surface area contributed by atoms with Crippen LogP contribution in [0.25, 0.3) is 0 Å². The topological polar surface area (TPSA) is 76.2 Å². The third-order valence-electron chi connectivity index (χ3n) is 1.75. The van der Waals surface area contributed by atoms with Gasteiger partial charge in [0, 0.05) is 9.77 Å². The Morgan fingerprint density at radius 1 is 1.67 bits per heavy atom. The van der Waals surface area contributed by atoms with E-state index in [1.165, 1.54) is 6.20 Å². The van der Waals surface area contributed by atoms with Gasteiger partial charge in [-0.3, -0.25) is 4.79 Å². The van der Waals surface area contributed by atoms with Crippen molar-refractivity contribution < 1.29 is 18.7 Å². The molecule has 0 aliphatic heterocycles. The van der Waals surface area contributed by atoms with Crippen molar-refractivity contribution in [2.24, 2.45) is 0 Å². The molecule has 1 aromatic rings. The van der Waals surface area contributed by atoms with E-state index in [0.717, 1.165) is 0 Å². The van der Waals surface area contributed by atoms with Gasteiger partial charge in [0.05, 0.1) is 12.0 Å². The van der Waals surface area contributed by atoms with Crippen LogP contribution in [-0.4, -0.2) is 16.1 Å². The fourth-order valence-corrected chi connectivity index (χ4v) is 1.75. The molecule has 0 aliphatic rings. The Labute approximate surface area is 97.6 Å². The molecule has 1 rings (SSSR count). The van der Waals surface area contributed by atoms with Crippen molar-refractivity contribution in [1.82, 2.24) is 4.98 Å². The Bertz CT molecular complexity index is 398. The number of alkyl halides is 2. The third kappa shape index (κ3) is 2.74. The molecule has 82 valence electrons. The molecule has 0 radical (unpaired) electrons. The average molecular weight is 328 g/mol. The molecule has 0 aromatic carbocycles. The van der Waals surface area contributed by atoms with Crippen molar-refractivity contribution >= 4 is 34.4 Å². The number of carboxylic acid groups (broad SMARTS) is 1. The number of carboxylic acids is 1. The first-order valence-electron chi connectivity index (χ1n) is 3.86. The minimum atomic E-state index is -2.82. The molecule has 0 atom stereocenters. The first-order chi connectivity index (χ1) is 6.93. The Hall–Kier alpha value is -0.990. The molecule has 0 amide bonds. The first-order valence-corrected chi connectivity index (χ1v) is 4.94. The SMILES string of the molecule is Nc1ncc(I)c(CC(=O)O)c1C(F)F. The largest absolute Gasteiger partial charge is 0.481 e. The number of carbonyl (C=O) groups is 1. The van der Waals surface area contributed by atoms with Gasteiger partial charge in [0.25, 0.3) is 6.43 Å². The highest BCUT2D eigenvalue weighted by molar-refractivity contribution is 14.1. The van der Waals surface area contributed by atoms with Gasteiger partial charge in [0.2, 0.25) is 0 Å². The molecule has 3 N–H and O–H groups in total. The maximum atomic E-state index is 12.6. The highest BCUT2D eigenvalue weighted by Crippen LogP contribution is 2.30. The van der Waals surface area contributed by atoms with Gasteiger partial charge in [0.15, 0.2) is 0 Å². The van der Waals surface area contributed by atoms with E-state index < -0.39 is 24.4 Å². The molecule has 0 saturated carbocycles. The van der Waals surface area contributed by atoms with Gasteiger partial charge in [0.1, 0.15) is 5.82 Å². The van der Waals surface area contributed by atoms with Crippen LogP contribution < -0.4 is 5.73 Å². The molecule has 1 aromatic heterocycles. The molecule has 0 aliphatic carbocycles. The standard InChI is InChI=1S/C8H7F2IN2O2/c9-7(10)6-3(1-5(14)15)4(11)2-13-8(6)12/h2,7H,1H2,(H2,12,13)(H,14,15). The molecular weight excluding hydrogens is 321 g/mol. The normalized spacial score (nSPS) is 10.7. The van der Waals surface area contributed by atoms with Gasteiger partial charge in [-0.2, -0.15) is 0 Å². The summed E-state index contributed by atoms with van der Waals surface area (Å²) in [5.41, 5.74) is 4.83. The summed E-state index contributed by atoms with van der Waals surface area (Å²) >= 11 is 1.75. The lowest BCUT2D eigenvalue weighted by Gasteiger charge is -2.10. The zero-order valence-corrected chi connectivity index (χ0v) is 9.53. The minimum absolute atomic E-state index is 0.0330. The number of aromatic nitrogens is 1. The fourth-order valence-electron chi connectivity index (χ4n) is 1.13. The summed E-state index contributed by atoms with van der Waals surface area (Å²) < 4.78 is 25.6. The molecule has 4 nitrogen and oxygen atoms in total. The summed E-state index contributed by atoms with van der Waals surface area (Å²) in [6, 6.07) is 0. The van der Waals surface area contributed by atoms with E-state index in [-0.39, 0.29) is 11.4 Å². The zero-order valence-electron chi connectivity index (χ0n) is 7.38. The molecule has 0 bridgehead atoms. The highest BCUT2D eigenvalue weighted by Gasteiger charge is 2.21. The fraction of sp³-hybridized carbons (Fsp3) is 0.250. The second-order valence-electron chi connectivity index (χ2n) is 2.75. The summed E-state index contributed by atoms with van der Waals surface area (Å²) in [6.45, 7) is 0. The van der Waals surface area contributed by atoms with E-state index in [4.69, 9.17) is 10.8 Å². The maximum Gasteiger partial charge on any atom is 0.307 e. The summed E-state index contributed by atoms with van der Waals surface area (Å²) in [7, 11) is 0. The first kappa shape index (κ1) is 12.1. The van der Waals surface area contributed by atoms with Gasteiger partial charge in [-0.25, -0.2) is 13.8 Å². The van der Waals surface area contributed by atoms with Crippen molar-refractivity contribution in [2.75, 3.05) is 5.73 Å². The van der Waals surface area contributed by atoms with Crippen LogP contribution in [-0.2, 0) is 11.2 Å². The van der Waals surface area contributed by atoms with E-state index in [0.29, 0.717) is 3.57 Å². The van der Waals surface area contributed by atoms with Crippen LogP contribution in [0.3, 0.4) is 0 Å². The Balaban J connectivity index is 3.31. The summed E-state index contributed by atoms with van der Waals surface area (Å²) in [4.78, 5) is 14.1. The van der Waals surface area contributed by atoms with Crippen molar-refractivity contribution in [3.8, 4) is 0 Å². The van der Waals surface area contributed by atoms with Crippen LogP contribution in [0.1, 0.15) is 17.6 Å². The van der Waals surface area contributed by atoms with Crippen molar-refractivity contribution in [2.45, 2.75) is 12.8 Å². The summed E-state index contributed by atoms with van der Waals surface area (Å²) in [5.74, 6) is -1.50. The number of hydrogen-bond acceptors (Lipinski definition) is 3. The molecule has 15 heavy (non-hydrogen) atoms. The van der Waals surface area contributed by atoms with Gasteiger partial charge < -0.3 is 10.8 Å². The van der Waals surface area contributed by atoms with Crippen molar-refractivity contribution in [3.05, 3.63) is 20.9 Å². The maximum absolute atomic E-state index is 12.6. The van der Waals surface area contributed by atoms with Crippen LogP contribution in [0.15, 0.2) is 6.20 Å². The number of halogens is 3. The number of nitrogens with two attached hydrogens (primary N) is 1. The molecule has 1 heterocycles. The zero-order chi connectivity index (χ0) is 11.6. The lowest BCUT2D eigenvalue weighted by molar-refractivity contribution is -0.136. The quantitative estimate of drug-likeness (QED) is 0.830.